The van der Waals surface area contributed by atoms with Gasteiger partial charge in [-0.05, 0) is 25.5 Å². The molecule has 1 aromatic carbocycles. The van der Waals surface area contributed by atoms with Gasteiger partial charge in [-0.2, -0.15) is 0 Å². The third-order valence-electron chi connectivity index (χ3n) is 2.93. The molecule has 1 atom stereocenters. The van der Waals surface area contributed by atoms with Crippen molar-refractivity contribution >= 4 is 17.6 Å². The van der Waals surface area contributed by atoms with Gasteiger partial charge >= 0.3 is 6.03 Å². The third-order valence-corrected chi connectivity index (χ3v) is 2.93. The van der Waals surface area contributed by atoms with E-state index in [0.29, 0.717) is 23.7 Å². The molecule has 3 N–H and O–H groups in total. The molecule has 7 heteroatoms. The van der Waals surface area contributed by atoms with Crippen molar-refractivity contribution in [2.75, 3.05) is 26.1 Å². The van der Waals surface area contributed by atoms with Crippen LogP contribution in [0.3, 0.4) is 0 Å². The van der Waals surface area contributed by atoms with Crippen LogP contribution in [0.5, 0.6) is 11.5 Å². The lowest BCUT2D eigenvalue weighted by Crippen LogP contribution is -2.46. The number of urea groups is 1. The highest BCUT2D eigenvalue weighted by Crippen LogP contribution is 2.29. The minimum Gasteiger partial charge on any atom is -0.493 e. The van der Waals surface area contributed by atoms with Crippen LogP contribution in [-0.2, 0) is 4.79 Å². The molecule has 0 heterocycles. The minimum absolute atomic E-state index is 0.218. The molecule has 7 nitrogen and oxygen atoms in total. The average molecular weight is 309 g/mol. The van der Waals surface area contributed by atoms with Gasteiger partial charge in [0.2, 0.25) is 5.91 Å². The highest BCUT2D eigenvalue weighted by atomic mass is 16.5. The fraction of sp³-hybridized carbons (Fsp3) is 0.467. The third kappa shape index (κ3) is 5.16. The predicted octanol–water partition coefficient (Wildman–Crippen LogP) is 1.74. The van der Waals surface area contributed by atoms with Gasteiger partial charge in [0.15, 0.2) is 11.5 Å². The molecule has 3 amide bonds. The molecule has 1 aromatic rings. The lowest BCUT2D eigenvalue weighted by Gasteiger charge is -2.15. The van der Waals surface area contributed by atoms with Crippen molar-refractivity contribution in [3.05, 3.63) is 18.2 Å². The first-order valence-corrected chi connectivity index (χ1v) is 7.09. The molecule has 1 rings (SSSR count). The molecular weight excluding hydrogens is 286 g/mol. The van der Waals surface area contributed by atoms with Crippen LogP contribution >= 0.6 is 0 Å². The van der Waals surface area contributed by atoms with Crippen molar-refractivity contribution in [2.24, 2.45) is 0 Å². The lowest BCUT2D eigenvalue weighted by molar-refractivity contribution is -0.122. The Morgan fingerprint density at radius 1 is 1.18 bits per heavy atom. The first-order chi connectivity index (χ1) is 10.5. The number of ether oxygens (including phenoxy) is 2. The van der Waals surface area contributed by atoms with Crippen LogP contribution in [0.1, 0.15) is 20.3 Å². The smallest absolute Gasteiger partial charge is 0.319 e. The number of amides is 3. The van der Waals surface area contributed by atoms with E-state index in [1.165, 1.54) is 14.2 Å². The second-order valence-electron chi connectivity index (χ2n) is 4.68. The molecule has 0 saturated carbocycles. The Morgan fingerprint density at radius 2 is 1.86 bits per heavy atom. The maximum atomic E-state index is 11.9. The number of hydrogen-bond acceptors (Lipinski definition) is 4. The van der Waals surface area contributed by atoms with Crippen molar-refractivity contribution < 1.29 is 19.1 Å². The van der Waals surface area contributed by atoms with Crippen molar-refractivity contribution in [2.45, 2.75) is 26.3 Å². The van der Waals surface area contributed by atoms with Crippen LogP contribution in [0.2, 0.25) is 0 Å². The van der Waals surface area contributed by atoms with Crippen LogP contribution in [-0.4, -0.2) is 38.7 Å². The number of hydrogen-bond donors (Lipinski definition) is 3. The summed E-state index contributed by atoms with van der Waals surface area (Å²) in [6.45, 7) is 4.17. The summed E-state index contributed by atoms with van der Waals surface area (Å²) in [5, 5.41) is 7.93. The zero-order valence-corrected chi connectivity index (χ0v) is 13.4. The van der Waals surface area contributed by atoms with Crippen molar-refractivity contribution in [1.29, 1.82) is 0 Å². The van der Waals surface area contributed by atoms with Gasteiger partial charge in [0.1, 0.15) is 6.04 Å². The van der Waals surface area contributed by atoms with Crippen molar-refractivity contribution in [3.63, 3.8) is 0 Å². The highest BCUT2D eigenvalue weighted by molar-refractivity contribution is 5.93. The van der Waals surface area contributed by atoms with Crippen molar-refractivity contribution in [3.8, 4) is 11.5 Å². The fourth-order valence-electron chi connectivity index (χ4n) is 1.74. The molecule has 0 spiro atoms. The summed E-state index contributed by atoms with van der Waals surface area (Å²) >= 11 is 0. The Hall–Kier alpha value is -2.44. The summed E-state index contributed by atoms with van der Waals surface area (Å²) in [6, 6.07) is 3.92. The van der Waals surface area contributed by atoms with Gasteiger partial charge in [0, 0.05) is 18.3 Å². The maximum Gasteiger partial charge on any atom is 0.319 e. The molecule has 0 aliphatic carbocycles. The van der Waals surface area contributed by atoms with E-state index >= 15 is 0 Å². The van der Waals surface area contributed by atoms with Gasteiger partial charge in [-0.25, -0.2) is 4.79 Å². The fourth-order valence-corrected chi connectivity index (χ4v) is 1.74. The molecular formula is C15H23N3O4. The highest BCUT2D eigenvalue weighted by Gasteiger charge is 2.15. The van der Waals surface area contributed by atoms with E-state index in [0.717, 1.165) is 6.42 Å². The van der Waals surface area contributed by atoms with Crippen molar-refractivity contribution in [1.82, 2.24) is 10.6 Å². The zero-order chi connectivity index (χ0) is 16.5. The molecule has 0 aromatic heterocycles. The molecule has 0 bridgehead atoms. The minimum atomic E-state index is -0.619. The van der Waals surface area contributed by atoms with Crippen LogP contribution < -0.4 is 25.4 Å². The Bertz CT molecular complexity index is 520. The summed E-state index contributed by atoms with van der Waals surface area (Å²) in [7, 11) is 3.05. The number of anilines is 1. The van der Waals surface area contributed by atoms with Gasteiger partial charge < -0.3 is 25.4 Å². The second kappa shape index (κ2) is 8.76. The van der Waals surface area contributed by atoms with Gasteiger partial charge in [-0.1, -0.05) is 6.92 Å². The molecule has 0 radical (unpaired) electrons. The summed E-state index contributed by atoms with van der Waals surface area (Å²) in [5.74, 6) is 0.860. The number of methoxy groups -OCH3 is 2. The molecule has 0 aliphatic rings. The van der Waals surface area contributed by atoms with Gasteiger partial charge in [0.25, 0.3) is 0 Å². The number of nitrogens with one attached hydrogen (secondary N) is 3. The zero-order valence-electron chi connectivity index (χ0n) is 13.4. The lowest BCUT2D eigenvalue weighted by atomic mass is 10.2. The molecule has 122 valence electrons. The Labute approximate surface area is 130 Å². The first kappa shape index (κ1) is 17.6. The second-order valence-corrected chi connectivity index (χ2v) is 4.68. The van der Waals surface area contributed by atoms with E-state index in [4.69, 9.17) is 9.47 Å². The summed E-state index contributed by atoms with van der Waals surface area (Å²) in [6.07, 6.45) is 0.844. The number of rotatable bonds is 7. The van der Waals surface area contributed by atoms with Gasteiger partial charge in [-0.15, -0.1) is 0 Å². The Morgan fingerprint density at radius 3 is 2.45 bits per heavy atom. The van der Waals surface area contributed by atoms with E-state index in [1.807, 2.05) is 6.92 Å². The number of carbonyl (C=O) groups excluding carboxylic acids is 2. The Balaban J connectivity index is 2.59. The summed E-state index contributed by atoms with van der Waals surface area (Å²) < 4.78 is 10.3. The standard InChI is InChI=1S/C15H23N3O4/c1-5-8-16-14(19)10(2)17-15(20)18-11-6-7-12(21-3)13(9-11)22-4/h6-7,9-10H,5,8H2,1-4H3,(H,16,19)(H2,17,18,20)/t10-/m0/s1. The number of carbonyl (C=O) groups is 2. The largest absolute Gasteiger partial charge is 0.493 e. The average Bonchev–Trinajstić information content (AvgIpc) is 2.52. The van der Waals surface area contributed by atoms with Gasteiger partial charge in [0.05, 0.1) is 14.2 Å². The van der Waals surface area contributed by atoms with E-state index in [-0.39, 0.29) is 5.91 Å². The predicted molar refractivity (Wildman–Crippen MR) is 84.5 cm³/mol. The van der Waals surface area contributed by atoms with Crippen LogP contribution in [0.4, 0.5) is 10.5 Å². The molecule has 0 unspecified atom stereocenters. The molecule has 0 aliphatic heterocycles. The monoisotopic (exact) mass is 309 g/mol. The normalized spacial score (nSPS) is 11.3. The summed E-state index contributed by atoms with van der Waals surface area (Å²) in [4.78, 5) is 23.6. The van der Waals surface area contributed by atoms with E-state index in [9.17, 15) is 9.59 Å². The molecule has 22 heavy (non-hydrogen) atoms. The Kier molecular flexibility index (Phi) is 7.01. The number of benzene rings is 1. The topological polar surface area (TPSA) is 88.7 Å². The quantitative estimate of drug-likeness (QED) is 0.716. The molecule has 0 fully saturated rings. The van der Waals surface area contributed by atoms with E-state index in [2.05, 4.69) is 16.0 Å². The van der Waals surface area contributed by atoms with Crippen LogP contribution in [0.15, 0.2) is 18.2 Å². The van der Waals surface area contributed by atoms with E-state index < -0.39 is 12.1 Å². The first-order valence-electron chi connectivity index (χ1n) is 7.09. The summed E-state index contributed by atoms with van der Waals surface area (Å²) in [5.41, 5.74) is 0.538. The maximum absolute atomic E-state index is 11.9. The van der Waals surface area contributed by atoms with Gasteiger partial charge in [-0.3, -0.25) is 4.79 Å². The van der Waals surface area contributed by atoms with Crippen LogP contribution in [0, 0.1) is 0 Å². The van der Waals surface area contributed by atoms with E-state index in [1.54, 1.807) is 25.1 Å². The molecule has 0 saturated heterocycles. The SMILES string of the molecule is CCCNC(=O)[C@H](C)NC(=O)Nc1ccc(OC)c(OC)c1. The van der Waals surface area contributed by atoms with Crippen LogP contribution in [0.25, 0.3) is 0 Å².